The number of methoxy groups -OCH3 is 2. The number of carbonyl (C=O) groups is 2. The number of nitrogens with zero attached hydrogens (tertiary/aromatic N) is 2. The highest BCUT2D eigenvalue weighted by molar-refractivity contribution is 6.46. The van der Waals surface area contributed by atoms with Gasteiger partial charge >= 0.3 is 0 Å². The van der Waals surface area contributed by atoms with Crippen molar-refractivity contribution in [2.24, 2.45) is 0 Å². The van der Waals surface area contributed by atoms with E-state index in [2.05, 4.69) is 5.32 Å². The number of hydrogen-bond acceptors (Lipinski definition) is 7. The van der Waals surface area contributed by atoms with Crippen molar-refractivity contribution in [1.29, 1.82) is 0 Å². The molecule has 1 aliphatic rings. The predicted molar refractivity (Wildman–Crippen MR) is 127 cm³/mol. The Kier molecular flexibility index (Phi) is 6.01. The Morgan fingerprint density at radius 1 is 0.853 bits per heavy atom. The number of imide groups is 1. The van der Waals surface area contributed by atoms with Gasteiger partial charge in [-0.1, -0.05) is 17.7 Å². The van der Waals surface area contributed by atoms with E-state index in [4.69, 9.17) is 9.47 Å². The number of amides is 2. The zero-order chi connectivity index (χ0) is 24.4. The van der Waals surface area contributed by atoms with Crippen LogP contribution in [0.1, 0.15) is 11.1 Å². The molecule has 2 amide bonds. The molecule has 1 N–H and O–H groups in total. The lowest BCUT2D eigenvalue weighted by Crippen LogP contribution is -2.32. The Morgan fingerprint density at radius 2 is 1.44 bits per heavy atom. The van der Waals surface area contributed by atoms with Crippen molar-refractivity contribution in [3.63, 3.8) is 0 Å². The molecule has 9 heteroatoms. The van der Waals surface area contributed by atoms with Gasteiger partial charge in [-0.2, -0.15) is 0 Å². The molecule has 4 rings (SSSR count). The Morgan fingerprint density at radius 3 is 1.97 bits per heavy atom. The number of nitro groups is 1. The second-order valence-electron chi connectivity index (χ2n) is 7.56. The summed E-state index contributed by atoms with van der Waals surface area (Å²) in [5.74, 6) is -0.109. The van der Waals surface area contributed by atoms with E-state index in [1.165, 1.54) is 38.5 Å². The summed E-state index contributed by atoms with van der Waals surface area (Å²) in [6.45, 7) is 1.90. The van der Waals surface area contributed by atoms with Crippen LogP contribution in [0, 0.1) is 17.0 Å². The van der Waals surface area contributed by atoms with Crippen LogP contribution in [0.15, 0.2) is 72.4 Å². The van der Waals surface area contributed by atoms with E-state index in [-0.39, 0.29) is 17.0 Å². The molecule has 0 unspecified atom stereocenters. The Bertz CT molecular complexity index is 1290. The van der Waals surface area contributed by atoms with Crippen LogP contribution in [0.3, 0.4) is 0 Å². The number of hydrogen-bond donors (Lipinski definition) is 1. The number of ether oxygens (including phenoxy) is 2. The molecule has 172 valence electrons. The number of anilines is 2. The van der Waals surface area contributed by atoms with Gasteiger partial charge in [-0.15, -0.1) is 0 Å². The van der Waals surface area contributed by atoms with E-state index in [9.17, 15) is 19.7 Å². The summed E-state index contributed by atoms with van der Waals surface area (Å²) in [4.78, 5) is 38.6. The first-order chi connectivity index (χ1) is 16.3. The monoisotopic (exact) mass is 459 g/mol. The molecule has 9 nitrogen and oxygen atoms in total. The van der Waals surface area contributed by atoms with Gasteiger partial charge < -0.3 is 14.8 Å². The Labute approximate surface area is 195 Å². The molecule has 0 saturated heterocycles. The molecule has 0 aromatic heterocycles. The summed E-state index contributed by atoms with van der Waals surface area (Å²) < 4.78 is 10.6. The molecule has 0 aliphatic carbocycles. The number of rotatable bonds is 7. The van der Waals surface area contributed by atoms with E-state index in [0.717, 1.165) is 10.5 Å². The lowest BCUT2D eigenvalue weighted by Gasteiger charge is -2.16. The third kappa shape index (κ3) is 4.18. The number of benzene rings is 3. The quantitative estimate of drug-likeness (QED) is 0.318. The van der Waals surface area contributed by atoms with Crippen molar-refractivity contribution in [3.05, 3.63) is 93.7 Å². The van der Waals surface area contributed by atoms with Crippen molar-refractivity contribution < 1.29 is 24.0 Å². The zero-order valence-corrected chi connectivity index (χ0v) is 18.7. The number of nitrogens with one attached hydrogen (secondary N) is 1. The van der Waals surface area contributed by atoms with Crippen LogP contribution in [0.5, 0.6) is 11.5 Å². The molecular formula is C25H21N3O6. The molecule has 3 aromatic carbocycles. The lowest BCUT2D eigenvalue weighted by molar-refractivity contribution is -0.384. The average Bonchev–Trinajstić information content (AvgIpc) is 3.08. The first-order valence-corrected chi connectivity index (χ1v) is 10.3. The van der Waals surface area contributed by atoms with Crippen molar-refractivity contribution in [1.82, 2.24) is 0 Å². The van der Waals surface area contributed by atoms with Crippen LogP contribution in [0.4, 0.5) is 17.1 Å². The minimum atomic E-state index is -0.552. The third-order valence-electron chi connectivity index (χ3n) is 5.36. The van der Waals surface area contributed by atoms with Gasteiger partial charge in [0.25, 0.3) is 17.5 Å². The maximum atomic E-state index is 13.5. The SMILES string of the molecule is COc1cc(NC2=C(c3ccc([N+](=O)[O-])cc3)C(=O)N(c3ccc(C)cc3)C2=O)cc(OC)c1. The minimum absolute atomic E-state index is 0.0368. The highest BCUT2D eigenvalue weighted by Gasteiger charge is 2.40. The summed E-state index contributed by atoms with van der Waals surface area (Å²) in [5.41, 5.74) is 2.25. The van der Waals surface area contributed by atoms with Gasteiger partial charge in [0.2, 0.25) is 0 Å². The largest absolute Gasteiger partial charge is 0.497 e. The van der Waals surface area contributed by atoms with E-state index in [1.54, 1.807) is 42.5 Å². The number of aryl methyl sites for hydroxylation is 1. The molecule has 0 atom stereocenters. The van der Waals surface area contributed by atoms with Crippen molar-refractivity contribution in [3.8, 4) is 11.5 Å². The zero-order valence-electron chi connectivity index (χ0n) is 18.7. The summed E-state index contributed by atoms with van der Waals surface area (Å²) in [5, 5.41) is 14.1. The fourth-order valence-corrected chi connectivity index (χ4v) is 3.62. The summed E-state index contributed by atoms with van der Waals surface area (Å²) in [7, 11) is 3.01. The third-order valence-corrected chi connectivity index (χ3v) is 5.36. The van der Waals surface area contributed by atoms with Gasteiger partial charge in [0.1, 0.15) is 17.2 Å². The summed E-state index contributed by atoms with van der Waals surface area (Å²) in [6, 6.07) is 17.5. The topological polar surface area (TPSA) is 111 Å². The van der Waals surface area contributed by atoms with E-state index >= 15 is 0 Å². The smallest absolute Gasteiger partial charge is 0.282 e. The van der Waals surface area contributed by atoms with Gasteiger partial charge in [0.05, 0.1) is 30.4 Å². The molecule has 0 bridgehead atoms. The van der Waals surface area contributed by atoms with Crippen LogP contribution in [-0.2, 0) is 9.59 Å². The molecule has 0 fully saturated rings. The van der Waals surface area contributed by atoms with Gasteiger partial charge in [-0.3, -0.25) is 19.7 Å². The van der Waals surface area contributed by atoms with Gasteiger partial charge in [-0.05, 0) is 36.8 Å². The van der Waals surface area contributed by atoms with Gasteiger partial charge in [0, 0.05) is 36.0 Å². The van der Waals surface area contributed by atoms with Gasteiger partial charge in [-0.25, -0.2) is 4.90 Å². The van der Waals surface area contributed by atoms with E-state index in [1.807, 2.05) is 6.92 Å². The number of nitro benzene ring substituents is 1. The summed E-state index contributed by atoms with van der Waals surface area (Å²) in [6.07, 6.45) is 0. The van der Waals surface area contributed by atoms with Crippen LogP contribution in [-0.4, -0.2) is 31.0 Å². The molecule has 1 aliphatic heterocycles. The molecular weight excluding hydrogens is 438 g/mol. The minimum Gasteiger partial charge on any atom is -0.497 e. The second-order valence-corrected chi connectivity index (χ2v) is 7.56. The highest BCUT2D eigenvalue weighted by atomic mass is 16.6. The fraction of sp³-hybridized carbons (Fsp3) is 0.120. The van der Waals surface area contributed by atoms with Gasteiger partial charge in [0.15, 0.2) is 0 Å². The first-order valence-electron chi connectivity index (χ1n) is 10.3. The van der Waals surface area contributed by atoms with Crippen molar-refractivity contribution in [2.45, 2.75) is 6.92 Å². The maximum Gasteiger partial charge on any atom is 0.282 e. The maximum absolute atomic E-state index is 13.5. The Hall–Kier alpha value is -4.66. The normalized spacial score (nSPS) is 13.3. The van der Waals surface area contributed by atoms with E-state index in [0.29, 0.717) is 28.4 Å². The van der Waals surface area contributed by atoms with Crippen molar-refractivity contribution >= 4 is 34.4 Å². The molecule has 34 heavy (non-hydrogen) atoms. The molecule has 0 saturated carbocycles. The predicted octanol–water partition coefficient (Wildman–Crippen LogP) is 4.32. The second kappa shape index (κ2) is 9.07. The summed E-state index contributed by atoms with van der Waals surface area (Å²) >= 11 is 0. The van der Waals surface area contributed by atoms with Crippen LogP contribution >= 0.6 is 0 Å². The molecule has 3 aromatic rings. The first kappa shape index (κ1) is 22.5. The van der Waals surface area contributed by atoms with Crippen LogP contribution in [0.25, 0.3) is 5.57 Å². The van der Waals surface area contributed by atoms with Crippen molar-refractivity contribution in [2.75, 3.05) is 24.4 Å². The standard InChI is InChI=1S/C25H21N3O6/c1-15-4-8-18(9-5-15)27-24(29)22(16-6-10-19(11-7-16)28(31)32)23(25(27)30)26-17-12-20(33-2)14-21(13-17)34-3/h4-14,26H,1-3H3. The number of carbonyl (C=O) groups excluding carboxylic acids is 2. The molecule has 0 radical (unpaired) electrons. The average molecular weight is 459 g/mol. The molecule has 1 heterocycles. The number of non-ortho nitro benzene ring substituents is 1. The van der Waals surface area contributed by atoms with E-state index < -0.39 is 16.7 Å². The molecule has 0 spiro atoms. The lowest BCUT2D eigenvalue weighted by atomic mass is 10.0. The highest BCUT2D eigenvalue weighted by Crippen LogP contribution is 2.35. The fourth-order valence-electron chi connectivity index (χ4n) is 3.62. The van der Waals surface area contributed by atoms with Crippen LogP contribution in [0.2, 0.25) is 0 Å². The Balaban J connectivity index is 1.83. The van der Waals surface area contributed by atoms with Crippen LogP contribution < -0.4 is 19.7 Å².